The van der Waals surface area contributed by atoms with E-state index >= 15 is 0 Å². The molecule has 4 nitrogen and oxygen atoms in total. The van der Waals surface area contributed by atoms with E-state index in [1.807, 2.05) is 5.32 Å². The summed E-state index contributed by atoms with van der Waals surface area (Å²) in [5.41, 5.74) is 0.183. The number of hydrogen-bond acceptors (Lipinski definition) is 3. The highest BCUT2D eigenvalue weighted by Crippen LogP contribution is 2.28. The number of alkyl halides is 3. The van der Waals surface area contributed by atoms with Crippen LogP contribution in [0.1, 0.15) is 12.0 Å². The zero-order chi connectivity index (χ0) is 14.0. The first-order valence-electron chi connectivity index (χ1n) is 5.25. The van der Waals surface area contributed by atoms with Crippen LogP contribution in [0.2, 0.25) is 0 Å². The van der Waals surface area contributed by atoms with Gasteiger partial charge in [0.15, 0.2) is 0 Å². The highest BCUT2D eigenvalue weighted by atomic mass is 19.4. The van der Waals surface area contributed by atoms with Crippen LogP contribution >= 0.6 is 0 Å². The van der Waals surface area contributed by atoms with Crippen LogP contribution in [0.4, 0.5) is 13.2 Å². The Morgan fingerprint density at radius 1 is 1.21 bits per heavy atom. The van der Waals surface area contributed by atoms with Crippen LogP contribution in [0.3, 0.4) is 0 Å². The van der Waals surface area contributed by atoms with Crippen molar-refractivity contribution < 1.29 is 27.5 Å². The molecule has 0 spiro atoms. The Labute approximate surface area is 105 Å². The van der Waals surface area contributed by atoms with Gasteiger partial charge in [-0.3, -0.25) is 14.9 Å². The summed E-state index contributed by atoms with van der Waals surface area (Å²) in [4.78, 5) is 22.3. The van der Waals surface area contributed by atoms with Gasteiger partial charge in [-0.15, -0.1) is 13.2 Å². The molecule has 1 aliphatic heterocycles. The van der Waals surface area contributed by atoms with Crippen molar-refractivity contribution in [3.63, 3.8) is 0 Å². The van der Waals surface area contributed by atoms with Crippen LogP contribution < -0.4 is 10.1 Å². The number of ether oxygens (including phenoxy) is 1. The lowest BCUT2D eigenvalue weighted by Crippen LogP contribution is -2.19. The van der Waals surface area contributed by atoms with E-state index in [0.717, 1.165) is 6.07 Å². The van der Waals surface area contributed by atoms with E-state index in [1.165, 1.54) is 24.3 Å². The van der Waals surface area contributed by atoms with Crippen LogP contribution in [0.5, 0.6) is 5.75 Å². The van der Waals surface area contributed by atoms with Gasteiger partial charge in [-0.2, -0.15) is 0 Å². The van der Waals surface area contributed by atoms with Gasteiger partial charge in [0.1, 0.15) is 5.75 Å². The largest absolute Gasteiger partial charge is 0.573 e. The minimum Gasteiger partial charge on any atom is -0.405 e. The van der Waals surface area contributed by atoms with E-state index in [-0.39, 0.29) is 17.6 Å². The second-order valence-corrected chi connectivity index (χ2v) is 3.81. The number of carbonyl (C=O) groups excluding carboxylic acids is 2. The lowest BCUT2D eigenvalue weighted by molar-refractivity contribution is -0.274. The molecule has 100 valence electrons. The monoisotopic (exact) mass is 271 g/mol. The van der Waals surface area contributed by atoms with Crippen molar-refractivity contribution >= 4 is 17.9 Å². The number of nitrogens with one attached hydrogen (secondary N) is 1. The van der Waals surface area contributed by atoms with Crippen LogP contribution in [-0.2, 0) is 9.59 Å². The van der Waals surface area contributed by atoms with Crippen molar-refractivity contribution in [1.82, 2.24) is 5.32 Å². The Morgan fingerprint density at radius 2 is 1.89 bits per heavy atom. The second kappa shape index (κ2) is 4.75. The Bertz CT molecular complexity index is 564. The van der Waals surface area contributed by atoms with E-state index in [0.29, 0.717) is 0 Å². The molecule has 0 unspecified atom stereocenters. The van der Waals surface area contributed by atoms with Gasteiger partial charge in [0.2, 0.25) is 5.91 Å². The molecule has 0 aromatic heterocycles. The number of amides is 2. The molecule has 1 fully saturated rings. The van der Waals surface area contributed by atoms with Gasteiger partial charge in [0.05, 0.1) is 6.42 Å². The number of halogens is 3. The normalized spacial score (nSPS) is 17.7. The molecule has 7 heteroatoms. The second-order valence-electron chi connectivity index (χ2n) is 3.81. The first-order chi connectivity index (χ1) is 8.85. The van der Waals surface area contributed by atoms with Crippen molar-refractivity contribution in [1.29, 1.82) is 0 Å². The van der Waals surface area contributed by atoms with Crippen molar-refractivity contribution in [2.75, 3.05) is 0 Å². The summed E-state index contributed by atoms with van der Waals surface area (Å²) in [7, 11) is 0. The predicted molar refractivity (Wildman–Crippen MR) is 58.9 cm³/mol. The third-order valence-electron chi connectivity index (χ3n) is 2.37. The molecule has 0 atom stereocenters. The molecule has 2 rings (SSSR count). The molecule has 1 heterocycles. The van der Waals surface area contributed by atoms with Crippen molar-refractivity contribution in [3.05, 3.63) is 35.4 Å². The maximum Gasteiger partial charge on any atom is 0.573 e. The molecule has 0 bridgehead atoms. The fraction of sp³-hybridized carbons (Fsp3) is 0.167. The number of benzene rings is 1. The summed E-state index contributed by atoms with van der Waals surface area (Å²) < 4.78 is 40.4. The lowest BCUT2D eigenvalue weighted by atomic mass is 10.1. The summed E-state index contributed by atoms with van der Waals surface area (Å²) >= 11 is 0. The van der Waals surface area contributed by atoms with E-state index in [9.17, 15) is 22.8 Å². The molecule has 1 aromatic carbocycles. The summed E-state index contributed by atoms with van der Waals surface area (Å²) in [6.45, 7) is 0. The fourth-order valence-electron chi connectivity index (χ4n) is 1.63. The van der Waals surface area contributed by atoms with E-state index in [2.05, 4.69) is 4.74 Å². The Hall–Kier alpha value is -2.31. The maximum absolute atomic E-state index is 12.2. The number of para-hydroxylation sites is 1. The van der Waals surface area contributed by atoms with Crippen LogP contribution in [-0.4, -0.2) is 18.2 Å². The topological polar surface area (TPSA) is 55.4 Å². The number of carbonyl (C=O) groups is 2. The molecule has 0 aliphatic carbocycles. The Balaban J connectivity index is 2.33. The molecular weight excluding hydrogens is 263 g/mol. The lowest BCUT2D eigenvalue weighted by Gasteiger charge is -2.11. The third-order valence-corrected chi connectivity index (χ3v) is 2.37. The zero-order valence-corrected chi connectivity index (χ0v) is 9.45. The molecule has 1 N–H and O–H groups in total. The maximum atomic E-state index is 12.2. The highest BCUT2D eigenvalue weighted by molar-refractivity contribution is 6.15. The van der Waals surface area contributed by atoms with Crippen LogP contribution in [0.15, 0.2) is 29.8 Å². The van der Waals surface area contributed by atoms with Gasteiger partial charge in [0, 0.05) is 11.1 Å². The third kappa shape index (κ3) is 3.34. The molecule has 0 saturated carbocycles. The molecule has 1 saturated heterocycles. The fourth-order valence-corrected chi connectivity index (χ4v) is 1.63. The predicted octanol–water partition coefficient (Wildman–Crippen LogP) is 2.02. The van der Waals surface area contributed by atoms with Crippen molar-refractivity contribution in [2.45, 2.75) is 12.8 Å². The minimum atomic E-state index is -4.82. The molecule has 1 aliphatic rings. The minimum absolute atomic E-state index is 0.0830. The van der Waals surface area contributed by atoms with E-state index in [4.69, 9.17) is 0 Å². The number of hydrogen-bond donors (Lipinski definition) is 1. The first-order valence-corrected chi connectivity index (χ1v) is 5.25. The molecular formula is C12H8F3NO3. The first kappa shape index (κ1) is 13.1. The van der Waals surface area contributed by atoms with E-state index in [1.54, 1.807) is 0 Å². The molecule has 0 radical (unpaired) electrons. The van der Waals surface area contributed by atoms with Gasteiger partial charge >= 0.3 is 6.36 Å². The molecule has 1 aromatic rings. The average molecular weight is 271 g/mol. The summed E-state index contributed by atoms with van der Waals surface area (Å²) in [6, 6.07) is 5.38. The molecule has 19 heavy (non-hydrogen) atoms. The Kier molecular flexibility index (Phi) is 3.28. The van der Waals surface area contributed by atoms with Gasteiger partial charge in [-0.05, 0) is 12.1 Å². The van der Waals surface area contributed by atoms with Crippen molar-refractivity contribution in [2.24, 2.45) is 0 Å². The summed E-state index contributed by atoms with van der Waals surface area (Å²) in [6.07, 6.45) is -3.76. The summed E-state index contributed by atoms with van der Waals surface area (Å²) in [5, 5.41) is 2.05. The zero-order valence-electron chi connectivity index (χ0n) is 9.45. The smallest absolute Gasteiger partial charge is 0.405 e. The average Bonchev–Trinajstić information content (AvgIpc) is 2.58. The standard InChI is InChI=1S/C12H8F3NO3/c13-12(14,15)19-9-4-2-1-3-7(9)5-8-6-10(17)16-11(8)18/h1-5H,6H2,(H,16,17,18). The number of rotatable bonds is 2. The molecule has 2 amide bonds. The quantitative estimate of drug-likeness (QED) is 0.661. The van der Waals surface area contributed by atoms with Crippen LogP contribution in [0.25, 0.3) is 6.08 Å². The van der Waals surface area contributed by atoms with Crippen molar-refractivity contribution in [3.8, 4) is 5.75 Å². The van der Waals surface area contributed by atoms with E-state index < -0.39 is 23.9 Å². The van der Waals surface area contributed by atoms with Crippen LogP contribution in [0, 0.1) is 0 Å². The van der Waals surface area contributed by atoms with Gasteiger partial charge in [-0.25, -0.2) is 0 Å². The highest BCUT2D eigenvalue weighted by Gasteiger charge is 2.32. The van der Waals surface area contributed by atoms with Gasteiger partial charge in [-0.1, -0.05) is 18.2 Å². The SMILES string of the molecule is O=C1CC(=Cc2ccccc2OC(F)(F)F)C(=O)N1. The van der Waals surface area contributed by atoms with Gasteiger partial charge in [0.25, 0.3) is 5.91 Å². The number of imide groups is 1. The van der Waals surface area contributed by atoms with Gasteiger partial charge < -0.3 is 4.74 Å². The Morgan fingerprint density at radius 3 is 2.47 bits per heavy atom. The summed E-state index contributed by atoms with van der Waals surface area (Å²) in [5.74, 6) is -1.51.